The zero-order valence-corrected chi connectivity index (χ0v) is 70.8. The molecule has 6 aliphatic rings. The highest BCUT2D eigenvalue weighted by Gasteiger charge is 2.59. The maximum Gasteiger partial charge on any atom is 0.333 e. The van der Waals surface area contributed by atoms with Gasteiger partial charge in [-0.05, 0) is 46.5 Å². The van der Waals surface area contributed by atoms with Crippen LogP contribution in [0.3, 0.4) is 0 Å². The van der Waals surface area contributed by atoms with Crippen molar-refractivity contribution in [3.8, 4) is 0 Å². The number of H-pyrrole nitrogens is 4. The Kier molecular flexibility index (Phi) is 31.8. The third-order valence-corrected chi connectivity index (χ3v) is 19.9. The number of nitrogens with two attached hydrogens (primary N) is 5. The molecule has 6 aliphatic heterocycles. The number of aromatic nitrogens is 16. The molecule has 0 unspecified atom stereocenters. The Bertz CT molecular complexity index is 5870. The van der Waals surface area contributed by atoms with Crippen molar-refractivity contribution in [2.24, 2.45) is 17.6 Å². The second-order valence-corrected chi connectivity index (χ2v) is 30.5. The van der Waals surface area contributed by atoms with E-state index >= 15 is 0 Å². The summed E-state index contributed by atoms with van der Waals surface area (Å²) in [5, 5.41) is 62.4. The number of ether oxygens (including phenoxy) is 10. The van der Waals surface area contributed by atoms with E-state index in [4.69, 9.17) is 76.0 Å². The normalized spacial score (nSPS) is 25.3. The van der Waals surface area contributed by atoms with Gasteiger partial charge in [0.25, 0.3) is 22.2 Å². The van der Waals surface area contributed by atoms with Gasteiger partial charge in [-0.2, -0.15) is 19.9 Å². The number of esters is 2. The van der Waals surface area contributed by atoms with Crippen LogP contribution in [-0.2, 0) is 92.7 Å². The Hall–Kier alpha value is -11.1. The van der Waals surface area contributed by atoms with E-state index in [0.29, 0.717) is 0 Å². The third kappa shape index (κ3) is 20.1. The minimum absolute atomic E-state index is 0. The van der Waals surface area contributed by atoms with Crippen molar-refractivity contribution in [2.75, 3.05) is 49.4 Å². The van der Waals surface area contributed by atoms with E-state index in [2.05, 4.69) is 79.4 Å². The molecule has 0 saturated carbocycles. The van der Waals surface area contributed by atoms with Crippen LogP contribution < -0.4 is 79.0 Å². The summed E-state index contributed by atoms with van der Waals surface area (Å²) in [7, 11) is 4.47. The molecule has 0 aliphatic carbocycles. The molecule has 0 bridgehead atoms. The Morgan fingerprint density at radius 3 is 1.06 bits per heavy atom. The number of anilines is 4. The molecule has 684 valence electrons. The number of allylic oxidation sites excluding steroid dienone is 4. The largest absolute Gasteiger partial charge is 0.462 e. The van der Waals surface area contributed by atoms with Crippen LogP contribution in [0.4, 0.5) is 23.8 Å². The molecule has 2 radical (unpaired) electrons. The van der Waals surface area contributed by atoms with Crippen molar-refractivity contribution in [1.82, 2.24) is 81.7 Å². The van der Waals surface area contributed by atoms with Crippen molar-refractivity contribution in [3.05, 3.63) is 134 Å². The van der Waals surface area contributed by atoms with Gasteiger partial charge in [-0.3, -0.25) is 67.0 Å². The average Bonchev–Trinajstić information content (AvgIpc) is 1.59. The van der Waals surface area contributed by atoms with Crippen molar-refractivity contribution in [2.45, 2.75) is 217 Å². The lowest BCUT2D eigenvalue weighted by Crippen LogP contribution is -2.45. The standard InChI is InChI=1S/C23H32N6O8.C18H26N6O7.C16H21N5O6.C13H17N5O6.C2H3BO.2ClH/c1-7-8-28-14-17(26-21(24)27-18(14)31)29(22(28)33)19-16-15(36-23(5,6)37-16)12(35-19)9-34-20(32)13(10(2)3)25-11(4)30;1-4-5-23-10-13(21-17(20)22-14(10)27)24(18(23)29)15-12(26)11(25)8(31-15)6-30-16(28)9(19)7(2)3;1-4-5-20-8-11(18-14(17)19-12(8)23)21(15(20)24)13-10-9(7(6-22)25-13)26-16(2,3)27-10;1-2-3-17-6-9(15-12(14)16-10(6)22)18(13(17)23)11-8(21)7(20)5(4-19)24-11;1-2(3)4;;/h7,10,12-13,15-16,19H,1,8-9H2,2-6H3,(H,25,30)(H3,24,26,27,31);4,7-9,11-12,15,25-26H,1,5-6,19H2,2-3H3,(H3,20,21,22,27);4,7,9-10,13,22H,1,5-6H2,2-3H3,(H3,17,18,19,23);2,5,7-8,11,19-21H,1,3-4H2,(H3,14,15,16,22);1H3;2*1H/t12-,13+,15-,16-,19-;8-,9+,11-,12-,15-;7-,9-,10-,13-;5-,7-,8-,11-;;;/m1111.../s1. The fourth-order valence-electron chi connectivity index (χ4n) is 14.6. The summed E-state index contributed by atoms with van der Waals surface area (Å²) in [4.78, 5) is 173. The lowest BCUT2D eigenvalue weighted by molar-refractivity contribution is -0.202. The van der Waals surface area contributed by atoms with E-state index in [1.165, 1.54) is 56.4 Å². The quantitative estimate of drug-likeness (QED) is 0.0161. The lowest BCUT2D eigenvalue weighted by atomic mass is 10.0. The van der Waals surface area contributed by atoms with Gasteiger partial charge in [-0.15, -0.1) is 51.1 Å². The third-order valence-electron chi connectivity index (χ3n) is 19.9. The molecular weight excluding hydrogens is 1700 g/mol. The predicted molar refractivity (Wildman–Crippen MR) is 446 cm³/mol. The highest BCUT2D eigenvalue weighted by molar-refractivity contribution is 6.56. The van der Waals surface area contributed by atoms with Crippen LogP contribution >= 0.6 is 24.8 Å². The number of fused-ring (bicyclic) bond motifs is 6. The predicted octanol–water partition coefficient (Wildman–Crippen LogP) is -5.55. The molecule has 6 saturated heterocycles. The van der Waals surface area contributed by atoms with E-state index < -0.39 is 192 Å². The molecule has 0 aromatic carbocycles. The van der Waals surface area contributed by atoms with Crippen molar-refractivity contribution < 1.29 is 97.2 Å². The van der Waals surface area contributed by atoms with Gasteiger partial charge >= 0.3 is 34.7 Å². The number of carbonyl (C=O) groups excluding carboxylic acids is 4. The molecule has 14 heterocycles. The summed E-state index contributed by atoms with van der Waals surface area (Å²) in [5.74, 6) is -4.76. The topological polar surface area (TPSA) is 715 Å². The van der Waals surface area contributed by atoms with Crippen LogP contribution in [0, 0.1) is 11.8 Å². The van der Waals surface area contributed by atoms with Crippen molar-refractivity contribution in [3.63, 3.8) is 0 Å². The molecular formula is C72H101BCl2N22O28. The van der Waals surface area contributed by atoms with Crippen LogP contribution in [0.25, 0.3) is 44.7 Å². The zero-order chi connectivity index (χ0) is 90.9. The van der Waals surface area contributed by atoms with Gasteiger partial charge in [0.1, 0.15) is 98.5 Å². The average molecular weight is 1800 g/mol. The van der Waals surface area contributed by atoms with Crippen LogP contribution in [0.5, 0.6) is 0 Å². The van der Waals surface area contributed by atoms with Gasteiger partial charge in [-0.25, -0.2) is 42.2 Å². The first-order valence-corrected chi connectivity index (χ1v) is 38.2. The van der Waals surface area contributed by atoms with Gasteiger partial charge in [0.05, 0.1) is 18.9 Å². The highest BCUT2D eigenvalue weighted by Crippen LogP contribution is 2.45. The van der Waals surface area contributed by atoms with Gasteiger partial charge in [-0.1, -0.05) is 52.0 Å². The molecule has 50 nitrogen and oxygen atoms in total. The van der Waals surface area contributed by atoms with E-state index in [0.717, 1.165) is 18.3 Å². The summed E-state index contributed by atoms with van der Waals surface area (Å²) >= 11 is 0. The summed E-state index contributed by atoms with van der Waals surface area (Å²) in [6, 6.07) is -1.71. The van der Waals surface area contributed by atoms with Gasteiger partial charge in [0, 0.05) is 33.1 Å². The number of nitrogens with one attached hydrogen (secondary N) is 5. The maximum atomic E-state index is 13.5. The molecule has 125 heavy (non-hydrogen) atoms. The summed E-state index contributed by atoms with van der Waals surface area (Å²) in [5.41, 5.74) is 22.8. The molecule has 14 rings (SSSR count). The number of halogens is 2. The Labute approximate surface area is 718 Å². The molecule has 21 N–H and O–H groups in total. The molecule has 53 heteroatoms. The first-order valence-electron chi connectivity index (χ1n) is 38.2. The second kappa shape index (κ2) is 40.0. The number of carbonyl (C=O) groups is 4. The minimum atomic E-state index is -1.58. The highest BCUT2D eigenvalue weighted by atomic mass is 35.5. The zero-order valence-electron chi connectivity index (χ0n) is 69.2. The summed E-state index contributed by atoms with van der Waals surface area (Å²) in [6.07, 6.45) is -11.4. The van der Waals surface area contributed by atoms with Crippen LogP contribution in [-0.4, -0.2) is 262 Å². The number of aliphatic hydroxyl groups is 6. The monoisotopic (exact) mass is 1800 g/mol. The first-order chi connectivity index (χ1) is 57.8. The number of imidazole rings is 4. The van der Waals surface area contributed by atoms with Crippen molar-refractivity contribution in [1.29, 1.82) is 0 Å². The Balaban J connectivity index is 0.000000204. The summed E-state index contributed by atoms with van der Waals surface area (Å²) in [6.45, 7) is 29.6. The lowest BCUT2D eigenvalue weighted by Gasteiger charge is -2.25. The number of amides is 1. The van der Waals surface area contributed by atoms with Gasteiger partial charge in [0.15, 0.2) is 89.0 Å². The van der Waals surface area contributed by atoms with E-state index in [1.54, 1.807) is 55.4 Å². The van der Waals surface area contributed by atoms with Crippen LogP contribution in [0.2, 0.25) is 0 Å². The molecule has 8 aromatic rings. The number of aromatic amines is 4. The molecule has 8 aromatic heterocycles. The summed E-state index contributed by atoms with van der Waals surface area (Å²) < 4.78 is 66.4. The number of hydrogen-bond donors (Lipinski definition) is 16. The van der Waals surface area contributed by atoms with Gasteiger partial charge < -0.3 is 117 Å². The van der Waals surface area contributed by atoms with Crippen LogP contribution in [0.15, 0.2) is 89.0 Å². The molecule has 1 amide bonds. The Morgan fingerprint density at radius 2 is 0.752 bits per heavy atom. The van der Waals surface area contributed by atoms with Crippen LogP contribution in [0.1, 0.15) is 94.1 Å². The minimum Gasteiger partial charge on any atom is -0.462 e. The van der Waals surface area contributed by atoms with E-state index in [1.807, 2.05) is 0 Å². The number of hydrogen-bond acceptors (Lipinski definition) is 37. The number of nitrogens with zero attached hydrogens (tertiary/aromatic N) is 12. The molecule has 0 spiro atoms. The first kappa shape index (κ1) is 99.3. The maximum absolute atomic E-state index is 13.5. The number of rotatable bonds is 23. The van der Waals surface area contributed by atoms with Crippen molar-refractivity contribution >= 4 is 125 Å². The van der Waals surface area contributed by atoms with E-state index in [9.17, 15) is 88.2 Å². The smallest absolute Gasteiger partial charge is 0.333 e. The fourth-order valence-corrected chi connectivity index (χ4v) is 14.6. The Morgan fingerprint density at radius 1 is 0.472 bits per heavy atom. The number of nitrogen functional groups attached to an aromatic ring is 4. The molecule has 6 fully saturated rings. The number of aliphatic hydroxyl groups excluding tert-OH is 6. The molecule has 18 atom stereocenters. The second-order valence-electron chi connectivity index (χ2n) is 30.5. The van der Waals surface area contributed by atoms with Gasteiger partial charge in [0.2, 0.25) is 29.7 Å². The van der Waals surface area contributed by atoms with E-state index in [-0.39, 0.29) is 156 Å². The SMILES string of the molecule is C=CCn1c(=O)n([C@@H]2O[C@H](CO)[C@@H](O)[C@H]2O)c2nc(N)[nH]c(=O)c21.C=CCn1c(=O)n([C@@H]2O[C@H](CO)[C@H]3OC(C)(C)O[C@H]32)c2nc(N)[nH]c(=O)c21.C=CCn1c(=O)n([C@@H]2O[C@H](COC(=O)[C@@H](N)C(C)C)[C@@H](O)[C@H]2O)c2nc(N)[nH]c(=O)c21.C=CCn1c(=O)n([C@@H]2O[C@H](COC(=O)[C@@H](NC(C)=O)C(C)C)[C@H]3OC(C)(C)O[C@H]32)c2nc(N)[nH]c(=O)c21.Cl.Cl.[B]C(C)=O. The fraction of sp³-hybridized carbons (Fsp3) is 0.556.